The normalized spacial score (nSPS) is 23.2. The van der Waals surface area contributed by atoms with Gasteiger partial charge in [0, 0.05) is 5.70 Å². The summed E-state index contributed by atoms with van der Waals surface area (Å²) >= 11 is 0. The predicted octanol–water partition coefficient (Wildman–Crippen LogP) is 1.22. The number of amides is 2. The lowest BCUT2D eigenvalue weighted by Crippen LogP contribution is -2.47. The van der Waals surface area contributed by atoms with Crippen LogP contribution in [0.15, 0.2) is 23.4 Å². The second-order valence-corrected chi connectivity index (χ2v) is 7.55. The van der Waals surface area contributed by atoms with Crippen LogP contribution in [0.2, 0.25) is 0 Å². The molecule has 1 aliphatic heterocycles. The van der Waals surface area contributed by atoms with Crippen LogP contribution in [0.4, 0.5) is 0 Å². The van der Waals surface area contributed by atoms with Gasteiger partial charge >= 0.3 is 5.97 Å². The van der Waals surface area contributed by atoms with Crippen LogP contribution in [-0.4, -0.2) is 41.1 Å². The zero-order chi connectivity index (χ0) is 21.0. The Labute approximate surface area is 164 Å². The summed E-state index contributed by atoms with van der Waals surface area (Å²) in [4.78, 5) is 51.3. The van der Waals surface area contributed by atoms with Gasteiger partial charge < -0.3 is 10.5 Å². The van der Waals surface area contributed by atoms with E-state index in [4.69, 9.17) is 15.7 Å². The van der Waals surface area contributed by atoms with Gasteiger partial charge in [0.2, 0.25) is 17.6 Å². The van der Waals surface area contributed by atoms with E-state index in [0.717, 1.165) is 4.90 Å². The predicted molar refractivity (Wildman–Crippen MR) is 98.9 cm³/mol. The van der Waals surface area contributed by atoms with Gasteiger partial charge in [-0.1, -0.05) is 26.0 Å². The molecule has 1 heterocycles. The zero-order valence-electron chi connectivity index (χ0n) is 16.3. The molecule has 0 aromatic heterocycles. The summed E-state index contributed by atoms with van der Waals surface area (Å²) in [5.41, 5.74) is 5.23. The molecule has 2 rings (SSSR count). The Balaban J connectivity index is 2.17. The summed E-state index contributed by atoms with van der Waals surface area (Å²) in [5, 5.41) is 8.97. The molecule has 2 amide bonds. The molecule has 0 radical (unpaired) electrons. The first-order chi connectivity index (χ1) is 13.2. The van der Waals surface area contributed by atoms with Gasteiger partial charge in [0.05, 0.1) is 11.8 Å². The number of allylic oxidation sites excluding steroid dienone is 3. The molecule has 0 saturated carbocycles. The summed E-state index contributed by atoms with van der Waals surface area (Å²) < 4.78 is 5.07. The zero-order valence-corrected chi connectivity index (χ0v) is 16.3. The lowest BCUT2D eigenvalue weighted by Gasteiger charge is -2.26. The van der Waals surface area contributed by atoms with Crippen LogP contribution < -0.4 is 5.73 Å². The molecule has 8 heteroatoms. The average Bonchev–Trinajstić information content (AvgIpc) is 2.89. The first-order valence-electron chi connectivity index (χ1n) is 9.27. The van der Waals surface area contributed by atoms with Gasteiger partial charge in [0.15, 0.2) is 6.61 Å². The fraction of sp³-hybridized carbons (Fsp3) is 0.550. The quantitative estimate of drug-likeness (QED) is 0.228. The molecule has 8 nitrogen and oxygen atoms in total. The highest BCUT2D eigenvalue weighted by Crippen LogP contribution is 2.37. The fourth-order valence-electron chi connectivity index (χ4n) is 3.56. The Morgan fingerprint density at radius 2 is 1.79 bits per heavy atom. The number of hydrogen-bond acceptors (Lipinski definition) is 7. The largest absolute Gasteiger partial charge is 0.456 e. The third-order valence-corrected chi connectivity index (χ3v) is 4.95. The topological polar surface area (TPSA) is 131 Å². The van der Waals surface area contributed by atoms with Crippen molar-refractivity contribution in [3.05, 3.63) is 23.4 Å². The monoisotopic (exact) mass is 387 g/mol. The van der Waals surface area contributed by atoms with E-state index in [-0.39, 0.29) is 35.4 Å². The third kappa shape index (κ3) is 4.30. The number of fused-ring (bicyclic) bond motifs is 1. The SMILES string of the molecule is C/C(N)=C(/C#N)C(=O)COC(=O)[C@H](CC(C)C)N1C(=O)[C@H]2CC=CC[C@H]2C1=O. The number of Topliss-reactive ketones (excluding diaryl/α,β-unsaturated/α-hetero) is 1. The van der Waals surface area contributed by atoms with E-state index < -0.39 is 36.2 Å². The number of nitriles is 1. The molecule has 1 fully saturated rings. The second kappa shape index (κ2) is 8.83. The lowest BCUT2D eigenvalue weighted by molar-refractivity contribution is -0.160. The number of nitrogens with two attached hydrogens (primary N) is 1. The molecule has 150 valence electrons. The van der Waals surface area contributed by atoms with Crippen molar-refractivity contribution in [2.24, 2.45) is 23.5 Å². The fourth-order valence-corrected chi connectivity index (χ4v) is 3.56. The molecule has 1 saturated heterocycles. The van der Waals surface area contributed by atoms with E-state index in [1.165, 1.54) is 6.92 Å². The highest BCUT2D eigenvalue weighted by Gasteiger charge is 2.51. The number of hydrogen-bond donors (Lipinski definition) is 1. The number of ketones is 1. The van der Waals surface area contributed by atoms with Gasteiger partial charge in [-0.15, -0.1) is 0 Å². The van der Waals surface area contributed by atoms with Crippen LogP contribution >= 0.6 is 0 Å². The Kier molecular flexibility index (Phi) is 6.73. The van der Waals surface area contributed by atoms with Crippen LogP contribution in [0.1, 0.15) is 40.0 Å². The highest BCUT2D eigenvalue weighted by atomic mass is 16.5. The van der Waals surface area contributed by atoms with Crippen molar-refractivity contribution in [2.75, 3.05) is 6.61 Å². The second-order valence-electron chi connectivity index (χ2n) is 7.55. The number of ether oxygens (including phenoxy) is 1. The van der Waals surface area contributed by atoms with Crippen molar-refractivity contribution < 1.29 is 23.9 Å². The highest BCUT2D eigenvalue weighted by molar-refractivity contribution is 6.08. The summed E-state index contributed by atoms with van der Waals surface area (Å²) in [6.45, 7) is 4.45. The number of imide groups is 1. The first-order valence-corrected chi connectivity index (χ1v) is 9.27. The van der Waals surface area contributed by atoms with Crippen molar-refractivity contribution in [1.29, 1.82) is 5.26 Å². The molecule has 2 aliphatic rings. The Morgan fingerprint density at radius 1 is 1.25 bits per heavy atom. The number of esters is 1. The van der Waals surface area contributed by atoms with Crippen molar-refractivity contribution in [1.82, 2.24) is 4.90 Å². The maximum absolute atomic E-state index is 12.8. The van der Waals surface area contributed by atoms with E-state index in [0.29, 0.717) is 12.8 Å². The molecule has 0 unspecified atom stereocenters. The van der Waals surface area contributed by atoms with E-state index in [2.05, 4.69) is 0 Å². The average molecular weight is 387 g/mol. The third-order valence-electron chi connectivity index (χ3n) is 4.95. The van der Waals surface area contributed by atoms with Crippen molar-refractivity contribution in [2.45, 2.75) is 46.1 Å². The van der Waals surface area contributed by atoms with Gasteiger partial charge in [-0.3, -0.25) is 19.3 Å². The number of nitrogens with zero attached hydrogens (tertiary/aromatic N) is 2. The molecule has 28 heavy (non-hydrogen) atoms. The molecule has 1 aliphatic carbocycles. The van der Waals surface area contributed by atoms with E-state index in [9.17, 15) is 19.2 Å². The molecule has 0 spiro atoms. The number of likely N-dealkylation sites (tertiary alicyclic amines) is 1. The van der Waals surface area contributed by atoms with Crippen molar-refractivity contribution in [3.8, 4) is 6.07 Å². The molecule has 0 aromatic rings. The van der Waals surface area contributed by atoms with Crippen molar-refractivity contribution >= 4 is 23.6 Å². The van der Waals surface area contributed by atoms with Gasteiger partial charge in [-0.05, 0) is 32.1 Å². The first kappa shape index (κ1) is 21.4. The van der Waals surface area contributed by atoms with Gasteiger partial charge in [-0.2, -0.15) is 5.26 Å². The smallest absolute Gasteiger partial charge is 0.329 e. The molecular weight excluding hydrogens is 362 g/mol. The van der Waals surface area contributed by atoms with Gasteiger partial charge in [0.25, 0.3) is 0 Å². The summed E-state index contributed by atoms with van der Waals surface area (Å²) in [7, 11) is 0. The minimum atomic E-state index is -1.09. The number of carbonyl (C=O) groups is 4. The van der Waals surface area contributed by atoms with Crippen LogP contribution in [0.5, 0.6) is 0 Å². The molecule has 0 aromatic carbocycles. The van der Waals surface area contributed by atoms with Gasteiger partial charge in [0.1, 0.15) is 17.7 Å². The van der Waals surface area contributed by atoms with E-state index in [1.54, 1.807) is 6.07 Å². The van der Waals surface area contributed by atoms with Crippen LogP contribution in [-0.2, 0) is 23.9 Å². The lowest BCUT2D eigenvalue weighted by atomic mass is 9.85. The van der Waals surface area contributed by atoms with E-state index in [1.807, 2.05) is 26.0 Å². The molecule has 2 N–H and O–H groups in total. The van der Waals surface area contributed by atoms with Crippen LogP contribution in [0.25, 0.3) is 0 Å². The standard InChI is InChI=1S/C20H25N3O5/c1-11(2)8-16(20(27)28-10-17(24)15(9-21)12(3)22)23-18(25)13-6-4-5-7-14(13)19(23)26/h4-5,11,13-14,16H,6-8,10,22H2,1-3H3/b15-12+/t13-,14+,16-/m0/s1. The van der Waals surface area contributed by atoms with Crippen molar-refractivity contribution in [3.63, 3.8) is 0 Å². The molecule has 0 bridgehead atoms. The number of rotatable bonds is 7. The Bertz CT molecular complexity index is 760. The minimum absolute atomic E-state index is 0.00968. The van der Waals surface area contributed by atoms with Crippen LogP contribution in [0, 0.1) is 29.1 Å². The maximum atomic E-state index is 12.8. The summed E-state index contributed by atoms with van der Waals surface area (Å²) in [6, 6.07) is 0.587. The minimum Gasteiger partial charge on any atom is -0.456 e. The Morgan fingerprint density at radius 3 is 2.21 bits per heavy atom. The summed E-state index contributed by atoms with van der Waals surface area (Å²) in [6.07, 6.45) is 4.91. The molecule has 3 atom stereocenters. The maximum Gasteiger partial charge on any atom is 0.329 e. The van der Waals surface area contributed by atoms with E-state index >= 15 is 0 Å². The van der Waals surface area contributed by atoms with Crippen LogP contribution in [0.3, 0.4) is 0 Å². The van der Waals surface area contributed by atoms with Gasteiger partial charge in [-0.25, -0.2) is 4.79 Å². The Hall–Kier alpha value is -2.95. The molecular formula is C20H25N3O5. The summed E-state index contributed by atoms with van der Waals surface area (Å²) in [5.74, 6) is -3.19. The number of carbonyl (C=O) groups excluding carboxylic acids is 4.